The predicted octanol–water partition coefficient (Wildman–Crippen LogP) is 1.52. The normalized spacial score (nSPS) is 19.2. The average molecular weight is 237 g/mol. The highest BCUT2D eigenvalue weighted by molar-refractivity contribution is 5.96. The minimum absolute atomic E-state index is 0.0190. The van der Waals surface area contributed by atoms with Crippen LogP contribution in [0.1, 0.15) is 23.2 Å². The van der Waals surface area contributed by atoms with Gasteiger partial charge in [0.15, 0.2) is 0 Å². The molecule has 1 aromatic rings. The van der Waals surface area contributed by atoms with Crippen LogP contribution < -0.4 is 10.5 Å². The summed E-state index contributed by atoms with van der Waals surface area (Å²) < 4.78 is 10.9. The Morgan fingerprint density at radius 2 is 2.41 bits per heavy atom. The SMILES string of the molecule is Nc1cccc(OCC2CCCO2)c1C(=O)O. The summed E-state index contributed by atoms with van der Waals surface area (Å²) in [6, 6.07) is 4.82. The van der Waals surface area contributed by atoms with E-state index in [0.29, 0.717) is 12.4 Å². The molecule has 0 aliphatic carbocycles. The zero-order chi connectivity index (χ0) is 12.3. The third kappa shape index (κ3) is 2.68. The molecule has 1 fully saturated rings. The van der Waals surface area contributed by atoms with Crippen molar-refractivity contribution in [1.29, 1.82) is 0 Å². The molecule has 1 aliphatic heterocycles. The van der Waals surface area contributed by atoms with Gasteiger partial charge >= 0.3 is 5.97 Å². The molecule has 5 heteroatoms. The van der Waals surface area contributed by atoms with Crippen molar-refractivity contribution in [3.63, 3.8) is 0 Å². The Labute approximate surface area is 99.1 Å². The van der Waals surface area contributed by atoms with Crippen LogP contribution in [0.3, 0.4) is 0 Å². The Morgan fingerprint density at radius 1 is 1.59 bits per heavy atom. The number of carboxylic acid groups (broad SMARTS) is 1. The van der Waals surface area contributed by atoms with Crippen LogP contribution in [0.15, 0.2) is 18.2 Å². The Morgan fingerprint density at radius 3 is 3.06 bits per heavy atom. The van der Waals surface area contributed by atoms with E-state index in [-0.39, 0.29) is 17.4 Å². The topological polar surface area (TPSA) is 81.8 Å². The standard InChI is InChI=1S/C12H15NO4/c13-9-4-1-5-10(11(9)12(14)15)17-7-8-3-2-6-16-8/h1,4-5,8H,2-3,6-7,13H2,(H,14,15). The molecule has 0 spiro atoms. The van der Waals surface area contributed by atoms with E-state index >= 15 is 0 Å². The van der Waals surface area contributed by atoms with Gasteiger partial charge in [0.25, 0.3) is 0 Å². The minimum Gasteiger partial charge on any atom is -0.490 e. The van der Waals surface area contributed by atoms with Crippen molar-refractivity contribution in [1.82, 2.24) is 0 Å². The summed E-state index contributed by atoms with van der Waals surface area (Å²) in [5.41, 5.74) is 5.84. The van der Waals surface area contributed by atoms with E-state index in [2.05, 4.69) is 0 Å². The predicted molar refractivity (Wildman–Crippen MR) is 62.3 cm³/mol. The van der Waals surface area contributed by atoms with Crippen molar-refractivity contribution in [3.05, 3.63) is 23.8 Å². The first-order chi connectivity index (χ1) is 8.18. The van der Waals surface area contributed by atoms with E-state index in [4.69, 9.17) is 20.3 Å². The first kappa shape index (κ1) is 11.7. The lowest BCUT2D eigenvalue weighted by Crippen LogP contribution is -2.17. The Hall–Kier alpha value is -1.75. The molecular weight excluding hydrogens is 222 g/mol. The highest BCUT2D eigenvalue weighted by Gasteiger charge is 2.19. The highest BCUT2D eigenvalue weighted by atomic mass is 16.5. The molecule has 1 saturated heterocycles. The van der Waals surface area contributed by atoms with Crippen molar-refractivity contribution < 1.29 is 19.4 Å². The number of aromatic carboxylic acids is 1. The van der Waals surface area contributed by atoms with Gasteiger partial charge in [0.2, 0.25) is 0 Å². The van der Waals surface area contributed by atoms with Gasteiger partial charge in [0.05, 0.1) is 6.10 Å². The molecule has 1 aliphatic rings. The number of hydrogen-bond donors (Lipinski definition) is 2. The smallest absolute Gasteiger partial charge is 0.341 e. The fourth-order valence-corrected chi connectivity index (χ4v) is 1.86. The van der Waals surface area contributed by atoms with Crippen LogP contribution in [0.4, 0.5) is 5.69 Å². The van der Waals surface area contributed by atoms with Crippen molar-refractivity contribution in [2.24, 2.45) is 0 Å². The van der Waals surface area contributed by atoms with Crippen LogP contribution >= 0.6 is 0 Å². The van der Waals surface area contributed by atoms with Gasteiger partial charge in [0.1, 0.15) is 17.9 Å². The van der Waals surface area contributed by atoms with Gasteiger partial charge in [-0.25, -0.2) is 4.79 Å². The molecule has 3 N–H and O–H groups in total. The molecule has 17 heavy (non-hydrogen) atoms. The van der Waals surface area contributed by atoms with Gasteiger partial charge in [-0.2, -0.15) is 0 Å². The summed E-state index contributed by atoms with van der Waals surface area (Å²) in [5.74, 6) is -0.779. The van der Waals surface area contributed by atoms with Gasteiger partial charge in [-0.05, 0) is 25.0 Å². The largest absolute Gasteiger partial charge is 0.490 e. The number of benzene rings is 1. The van der Waals surface area contributed by atoms with Crippen molar-refractivity contribution in [2.45, 2.75) is 18.9 Å². The lowest BCUT2D eigenvalue weighted by atomic mass is 10.1. The van der Waals surface area contributed by atoms with E-state index in [1.54, 1.807) is 18.2 Å². The van der Waals surface area contributed by atoms with Crippen molar-refractivity contribution in [2.75, 3.05) is 18.9 Å². The molecule has 1 unspecified atom stereocenters. The lowest BCUT2D eigenvalue weighted by molar-refractivity contribution is 0.0630. The van der Waals surface area contributed by atoms with Crippen LogP contribution in [0, 0.1) is 0 Å². The summed E-state index contributed by atoms with van der Waals surface area (Å²) in [7, 11) is 0. The average Bonchev–Trinajstić information content (AvgIpc) is 2.78. The number of nitrogens with two attached hydrogens (primary N) is 1. The molecule has 0 radical (unpaired) electrons. The number of hydrogen-bond acceptors (Lipinski definition) is 4. The van der Waals surface area contributed by atoms with E-state index in [1.165, 1.54) is 0 Å². The maximum atomic E-state index is 11.0. The van der Waals surface area contributed by atoms with E-state index in [0.717, 1.165) is 19.4 Å². The number of ether oxygens (including phenoxy) is 2. The van der Waals surface area contributed by atoms with E-state index in [9.17, 15) is 4.79 Å². The monoisotopic (exact) mass is 237 g/mol. The third-order valence-electron chi connectivity index (χ3n) is 2.72. The second-order valence-corrected chi connectivity index (χ2v) is 3.97. The minimum atomic E-state index is -1.08. The van der Waals surface area contributed by atoms with Crippen LogP contribution in [-0.2, 0) is 4.74 Å². The van der Waals surface area contributed by atoms with Crippen molar-refractivity contribution >= 4 is 11.7 Å². The Kier molecular flexibility index (Phi) is 3.49. The summed E-state index contributed by atoms with van der Waals surface area (Å²) >= 11 is 0. The molecule has 0 amide bonds. The van der Waals surface area contributed by atoms with Gasteiger partial charge < -0.3 is 20.3 Å². The summed E-state index contributed by atoms with van der Waals surface area (Å²) in [6.45, 7) is 1.11. The van der Waals surface area contributed by atoms with Crippen LogP contribution in [0.5, 0.6) is 5.75 Å². The van der Waals surface area contributed by atoms with Crippen LogP contribution in [0.25, 0.3) is 0 Å². The number of anilines is 1. The van der Waals surface area contributed by atoms with E-state index < -0.39 is 5.97 Å². The van der Waals surface area contributed by atoms with Gasteiger partial charge in [-0.1, -0.05) is 6.07 Å². The van der Waals surface area contributed by atoms with Gasteiger partial charge in [-0.3, -0.25) is 0 Å². The molecule has 5 nitrogen and oxygen atoms in total. The third-order valence-corrected chi connectivity index (χ3v) is 2.72. The van der Waals surface area contributed by atoms with Crippen LogP contribution in [0.2, 0.25) is 0 Å². The highest BCUT2D eigenvalue weighted by Crippen LogP contribution is 2.25. The maximum Gasteiger partial charge on any atom is 0.341 e. The van der Waals surface area contributed by atoms with Gasteiger partial charge in [-0.15, -0.1) is 0 Å². The Balaban J connectivity index is 2.09. The molecule has 0 saturated carbocycles. The molecule has 2 rings (SSSR count). The maximum absolute atomic E-state index is 11.0. The number of nitrogen functional groups attached to an aromatic ring is 1. The zero-order valence-electron chi connectivity index (χ0n) is 9.39. The first-order valence-corrected chi connectivity index (χ1v) is 5.54. The fraction of sp³-hybridized carbons (Fsp3) is 0.417. The quantitative estimate of drug-likeness (QED) is 0.776. The molecule has 0 aromatic heterocycles. The number of carboxylic acids is 1. The Bertz CT molecular complexity index is 413. The lowest BCUT2D eigenvalue weighted by Gasteiger charge is -2.14. The molecule has 92 valence electrons. The summed E-state index contributed by atoms with van der Waals surface area (Å²) in [5, 5.41) is 9.05. The summed E-state index contributed by atoms with van der Waals surface area (Å²) in [6.07, 6.45) is 2.03. The fourth-order valence-electron chi connectivity index (χ4n) is 1.86. The molecule has 1 atom stereocenters. The van der Waals surface area contributed by atoms with Gasteiger partial charge in [0, 0.05) is 12.3 Å². The zero-order valence-corrected chi connectivity index (χ0v) is 9.39. The van der Waals surface area contributed by atoms with E-state index in [1.807, 2.05) is 0 Å². The molecule has 1 heterocycles. The van der Waals surface area contributed by atoms with Crippen molar-refractivity contribution in [3.8, 4) is 5.75 Å². The summed E-state index contributed by atoms with van der Waals surface area (Å²) in [4.78, 5) is 11.0. The number of carbonyl (C=O) groups is 1. The first-order valence-electron chi connectivity index (χ1n) is 5.54. The van der Waals surface area contributed by atoms with Crippen LogP contribution in [-0.4, -0.2) is 30.4 Å². The molecule has 1 aromatic carbocycles. The molecule has 0 bridgehead atoms. The number of rotatable bonds is 4. The second-order valence-electron chi connectivity index (χ2n) is 3.97. The molecular formula is C12H15NO4. The second kappa shape index (κ2) is 5.05.